The van der Waals surface area contributed by atoms with E-state index in [2.05, 4.69) is 199 Å². The molecule has 0 bridgehead atoms. The number of anilines is 3. The van der Waals surface area contributed by atoms with E-state index >= 15 is 0 Å². The smallest absolute Gasteiger partial charge is 0.143 e. The number of benzene rings is 9. The van der Waals surface area contributed by atoms with Crippen molar-refractivity contribution in [2.75, 3.05) is 4.90 Å². The van der Waals surface area contributed by atoms with E-state index in [4.69, 9.17) is 8.83 Å². The molecule has 0 aliphatic carbocycles. The minimum Gasteiger partial charge on any atom is -0.456 e. The number of nitrogens with zero attached hydrogens (tertiary/aromatic N) is 1. The van der Waals surface area contributed by atoms with Crippen molar-refractivity contribution in [1.82, 2.24) is 0 Å². The van der Waals surface area contributed by atoms with Gasteiger partial charge in [0.25, 0.3) is 0 Å². The van der Waals surface area contributed by atoms with Crippen LogP contribution in [0.4, 0.5) is 17.1 Å². The van der Waals surface area contributed by atoms with E-state index in [0.717, 1.165) is 88.8 Å². The molecule has 2 heterocycles. The van der Waals surface area contributed by atoms with Gasteiger partial charge in [0.2, 0.25) is 0 Å². The molecular weight excluding hydrogens is 695 g/mol. The van der Waals surface area contributed by atoms with Crippen molar-refractivity contribution < 1.29 is 8.83 Å². The maximum absolute atomic E-state index is 6.53. The largest absolute Gasteiger partial charge is 0.456 e. The van der Waals surface area contributed by atoms with Crippen LogP contribution in [-0.4, -0.2) is 0 Å². The van der Waals surface area contributed by atoms with Crippen LogP contribution in [0.3, 0.4) is 0 Å². The van der Waals surface area contributed by atoms with Crippen LogP contribution in [0, 0.1) is 0 Å². The molecular formula is C54H35NO2. The third-order valence-electron chi connectivity index (χ3n) is 11.1. The highest BCUT2D eigenvalue weighted by molar-refractivity contribution is 6.16. The molecule has 0 radical (unpaired) electrons. The van der Waals surface area contributed by atoms with Crippen molar-refractivity contribution in [3.8, 4) is 44.5 Å². The van der Waals surface area contributed by atoms with Gasteiger partial charge in [-0.15, -0.1) is 0 Å². The van der Waals surface area contributed by atoms with Crippen LogP contribution in [0.25, 0.3) is 88.4 Å². The van der Waals surface area contributed by atoms with Gasteiger partial charge in [0.15, 0.2) is 0 Å². The van der Waals surface area contributed by atoms with Crippen LogP contribution in [0.15, 0.2) is 221 Å². The molecule has 0 aliphatic heterocycles. The quantitative estimate of drug-likeness (QED) is 0.164. The van der Waals surface area contributed by atoms with E-state index in [1.807, 2.05) is 18.2 Å². The lowest BCUT2D eigenvalue weighted by Crippen LogP contribution is -2.11. The van der Waals surface area contributed by atoms with Gasteiger partial charge in [-0.05, 0) is 88.0 Å². The van der Waals surface area contributed by atoms with E-state index in [9.17, 15) is 0 Å². The maximum Gasteiger partial charge on any atom is 0.143 e. The van der Waals surface area contributed by atoms with Crippen molar-refractivity contribution in [2.45, 2.75) is 0 Å². The van der Waals surface area contributed by atoms with Crippen LogP contribution in [-0.2, 0) is 0 Å². The van der Waals surface area contributed by atoms with Crippen LogP contribution in [0.5, 0.6) is 0 Å². The van der Waals surface area contributed by atoms with Gasteiger partial charge in [-0.3, -0.25) is 0 Å². The average Bonchev–Trinajstić information content (AvgIpc) is 3.86. The Balaban J connectivity index is 1.13. The highest BCUT2D eigenvalue weighted by Crippen LogP contribution is 2.48. The first-order chi connectivity index (χ1) is 28.3. The number of hydrogen-bond donors (Lipinski definition) is 0. The normalized spacial score (nSPS) is 11.5. The second-order valence-electron chi connectivity index (χ2n) is 14.5. The Kier molecular flexibility index (Phi) is 7.82. The Hall–Kier alpha value is -7.62. The van der Waals surface area contributed by atoms with Crippen LogP contribution < -0.4 is 4.90 Å². The minimum absolute atomic E-state index is 0.855. The summed E-state index contributed by atoms with van der Waals surface area (Å²) in [5, 5.41) is 4.42. The monoisotopic (exact) mass is 729 g/mol. The van der Waals surface area contributed by atoms with Crippen molar-refractivity contribution in [2.24, 2.45) is 0 Å². The molecule has 11 aromatic rings. The molecule has 3 heteroatoms. The van der Waals surface area contributed by atoms with E-state index in [-0.39, 0.29) is 0 Å². The lowest BCUT2D eigenvalue weighted by molar-refractivity contribution is 0.669. The van der Waals surface area contributed by atoms with E-state index < -0.39 is 0 Å². The van der Waals surface area contributed by atoms with Crippen molar-refractivity contribution in [3.05, 3.63) is 212 Å². The first-order valence-electron chi connectivity index (χ1n) is 19.3. The molecule has 0 saturated heterocycles. The van der Waals surface area contributed by atoms with Crippen LogP contribution >= 0.6 is 0 Å². The molecule has 9 aromatic carbocycles. The molecule has 0 N–H and O–H groups in total. The molecule has 268 valence electrons. The fraction of sp³-hybridized carbons (Fsp3) is 0. The number of hydrogen-bond acceptors (Lipinski definition) is 3. The number of furan rings is 2. The summed E-state index contributed by atoms with van der Waals surface area (Å²) in [7, 11) is 0. The Morgan fingerprint density at radius 1 is 0.316 bits per heavy atom. The van der Waals surface area contributed by atoms with Crippen molar-refractivity contribution in [1.29, 1.82) is 0 Å². The summed E-state index contributed by atoms with van der Waals surface area (Å²) in [6.07, 6.45) is 0. The van der Waals surface area contributed by atoms with Gasteiger partial charge in [-0.2, -0.15) is 0 Å². The third-order valence-corrected chi connectivity index (χ3v) is 11.1. The lowest BCUT2D eigenvalue weighted by atomic mass is 9.93. The Morgan fingerprint density at radius 3 is 1.56 bits per heavy atom. The van der Waals surface area contributed by atoms with Gasteiger partial charge in [-0.25, -0.2) is 0 Å². The second kappa shape index (κ2) is 13.6. The SMILES string of the molecule is c1ccc(-c2ccc(N(c3ccc(-c4cccc5c4oc4ccccc45)cc3)c3ccc4oc5ccccc5c4c3-c3cccc(-c4ccccc4)c3)cc2)cc1. The summed E-state index contributed by atoms with van der Waals surface area (Å²) >= 11 is 0. The molecule has 3 nitrogen and oxygen atoms in total. The first-order valence-corrected chi connectivity index (χ1v) is 19.3. The minimum atomic E-state index is 0.855. The molecule has 11 rings (SSSR count). The first kappa shape index (κ1) is 32.8. The molecule has 0 atom stereocenters. The Bertz CT molecular complexity index is 3210. The molecule has 0 spiro atoms. The summed E-state index contributed by atoms with van der Waals surface area (Å²) in [4.78, 5) is 2.38. The fourth-order valence-corrected chi connectivity index (χ4v) is 8.39. The average molecular weight is 730 g/mol. The molecule has 0 fully saturated rings. The highest BCUT2D eigenvalue weighted by Gasteiger charge is 2.23. The maximum atomic E-state index is 6.53. The zero-order valence-corrected chi connectivity index (χ0v) is 31.0. The fourth-order valence-electron chi connectivity index (χ4n) is 8.39. The predicted molar refractivity (Wildman–Crippen MR) is 237 cm³/mol. The predicted octanol–water partition coefficient (Wildman–Crippen LogP) is 15.6. The van der Waals surface area contributed by atoms with Gasteiger partial charge < -0.3 is 13.7 Å². The standard InChI is InChI=1S/C54H35NO2/c1-3-13-36(14-4-1)38-25-29-42(30-26-38)55(43-31-27-39(28-32-43)44-21-12-22-46-45-19-7-9-23-49(45)57-54(44)46)48-33-34-51-53(47-20-8-10-24-50(47)56-51)52(48)41-18-11-17-40(35-41)37-15-5-2-6-16-37/h1-35H. The molecule has 2 aromatic heterocycles. The van der Waals surface area contributed by atoms with Crippen LogP contribution in [0.2, 0.25) is 0 Å². The Labute approximate surface area is 330 Å². The Morgan fingerprint density at radius 2 is 0.842 bits per heavy atom. The van der Waals surface area contributed by atoms with Gasteiger partial charge in [0.1, 0.15) is 22.3 Å². The van der Waals surface area contributed by atoms with Gasteiger partial charge >= 0.3 is 0 Å². The van der Waals surface area contributed by atoms with E-state index in [1.54, 1.807) is 0 Å². The topological polar surface area (TPSA) is 29.5 Å². The molecule has 0 aliphatic rings. The molecule has 0 unspecified atom stereocenters. The van der Waals surface area contributed by atoms with Crippen LogP contribution in [0.1, 0.15) is 0 Å². The summed E-state index contributed by atoms with van der Waals surface area (Å²) in [5.74, 6) is 0. The number of rotatable bonds is 7. The molecule has 57 heavy (non-hydrogen) atoms. The number of para-hydroxylation sites is 3. The molecule has 0 amide bonds. The highest BCUT2D eigenvalue weighted by atomic mass is 16.3. The van der Waals surface area contributed by atoms with Gasteiger partial charge in [-0.1, -0.05) is 158 Å². The summed E-state index contributed by atoms with van der Waals surface area (Å²) in [5.41, 5.74) is 15.7. The second-order valence-corrected chi connectivity index (χ2v) is 14.5. The summed E-state index contributed by atoms with van der Waals surface area (Å²) in [6, 6.07) is 75.1. The van der Waals surface area contributed by atoms with E-state index in [1.165, 1.54) is 16.7 Å². The van der Waals surface area contributed by atoms with Crippen molar-refractivity contribution in [3.63, 3.8) is 0 Å². The van der Waals surface area contributed by atoms with Gasteiger partial charge in [0.05, 0.1) is 5.69 Å². The molecule has 0 saturated carbocycles. The number of fused-ring (bicyclic) bond motifs is 6. The zero-order chi connectivity index (χ0) is 37.7. The summed E-state index contributed by atoms with van der Waals surface area (Å²) < 4.78 is 13.0. The van der Waals surface area contributed by atoms with Gasteiger partial charge in [0, 0.05) is 44.0 Å². The third kappa shape index (κ3) is 5.68. The summed E-state index contributed by atoms with van der Waals surface area (Å²) in [6.45, 7) is 0. The van der Waals surface area contributed by atoms with Crippen molar-refractivity contribution >= 4 is 60.9 Å². The lowest BCUT2D eigenvalue weighted by Gasteiger charge is -2.29. The zero-order valence-electron chi connectivity index (χ0n) is 31.0. The van der Waals surface area contributed by atoms with E-state index in [0.29, 0.717) is 0 Å².